The van der Waals surface area contributed by atoms with Crippen LogP contribution in [0.4, 0.5) is 23.7 Å². The van der Waals surface area contributed by atoms with Gasteiger partial charge in [0.05, 0.1) is 42.1 Å². The smallest absolute Gasteiger partial charge is 0.416 e. The Morgan fingerprint density at radius 3 is 2.61 bits per heavy atom. The van der Waals surface area contributed by atoms with Gasteiger partial charge in [0.2, 0.25) is 0 Å². The molecule has 1 aliphatic rings. The topological polar surface area (TPSA) is 85.7 Å². The second kappa shape index (κ2) is 9.60. The summed E-state index contributed by atoms with van der Waals surface area (Å²) in [5.41, 5.74) is -0.611. The van der Waals surface area contributed by atoms with E-state index in [1.165, 1.54) is 29.7 Å². The van der Waals surface area contributed by atoms with Gasteiger partial charge in [0.1, 0.15) is 11.5 Å². The third-order valence-electron chi connectivity index (χ3n) is 5.42. The van der Waals surface area contributed by atoms with Crippen LogP contribution < -0.4 is 10.9 Å². The van der Waals surface area contributed by atoms with Crippen molar-refractivity contribution >= 4 is 23.4 Å². The maximum atomic E-state index is 13.1. The summed E-state index contributed by atoms with van der Waals surface area (Å²) in [7, 11) is 2.74. The number of hydrogen-bond acceptors (Lipinski definition) is 6. The zero-order valence-corrected chi connectivity index (χ0v) is 19.3. The van der Waals surface area contributed by atoms with Gasteiger partial charge in [-0.15, -0.1) is 0 Å². The lowest BCUT2D eigenvalue weighted by Gasteiger charge is -2.22. The van der Waals surface area contributed by atoms with Crippen molar-refractivity contribution in [1.29, 1.82) is 0 Å². The predicted molar refractivity (Wildman–Crippen MR) is 116 cm³/mol. The fraction of sp³-hybridized carbons (Fsp3) is 0.476. The molecular formula is C21H24ClF3N4O4. The number of aromatic nitrogens is 2. The van der Waals surface area contributed by atoms with E-state index in [0.29, 0.717) is 18.8 Å². The van der Waals surface area contributed by atoms with Crippen LogP contribution in [0.25, 0.3) is 11.4 Å². The lowest BCUT2D eigenvalue weighted by atomic mass is 10.1. The van der Waals surface area contributed by atoms with Gasteiger partial charge >= 0.3 is 12.3 Å². The molecule has 0 radical (unpaired) electrons. The summed E-state index contributed by atoms with van der Waals surface area (Å²) in [4.78, 5) is 31.0. The molecule has 1 amide bonds. The second-order valence-electron chi connectivity index (χ2n) is 7.57. The lowest BCUT2D eigenvalue weighted by Crippen LogP contribution is -2.38. The van der Waals surface area contributed by atoms with Gasteiger partial charge in [-0.3, -0.25) is 9.36 Å². The van der Waals surface area contributed by atoms with E-state index in [0.717, 1.165) is 12.1 Å². The molecule has 8 nitrogen and oxygen atoms in total. The number of nitrogens with one attached hydrogen (secondary N) is 1. The molecule has 0 aliphatic carbocycles. The monoisotopic (exact) mass is 488 g/mol. The van der Waals surface area contributed by atoms with Gasteiger partial charge < -0.3 is 19.7 Å². The summed E-state index contributed by atoms with van der Waals surface area (Å²) in [6.45, 7) is 4.40. The summed E-state index contributed by atoms with van der Waals surface area (Å²) in [5.74, 6) is 0.130. The summed E-state index contributed by atoms with van der Waals surface area (Å²) in [5, 5.41) is 2.96. The fourth-order valence-corrected chi connectivity index (χ4v) is 4.01. The molecular weight excluding hydrogens is 465 g/mol. The van der Waals surface area contributed by atoms with Gasteiger partial charge in [-0.2, -0.15) is 13.2 Å². The Hall–Kier alpha value is -2.79. The summed E-state index contributed by atoms with van der Waals surface area (Å²) in [6, 6.07) is 2.49. The molecule has 0 bridgehead atoms. The Kier molecular flexibility index (Phi) is 7.23. The van der Waals surface area contributed by atoms with E-state index in [2.05, 4.69) is 10.3 Å². The van der Waals surface area contributed by atoms with Crippen molar-refractivity contribution < 1.29 is 27.4 Å². The maximum Gasteiger partial charge on any atom is 0.416 e. The molecule has 1 saturated heterocycles. The highest BCUT2D eigenvalue weighted by molar-refractivity contribution is 6.33. The normalized spacial score (nSPS) is 18.5. The van der Waals surface area contributed by atoms with Gasteiger partial charge in [0.25, 0.3) is 5.56 Å². The number of rotatable bonds is 5. The molecule has 1 unspecified atom stereocenters. The SMILES string of the molecule is CCO[C@H]1CN(C(=O)OC)CC1Nc1c(C)nc(-c2ccc(C(F)(F)F)cc2Cl)n(C)c1=O. The number of carbonyl (C=O) groups excluding carboxylic acids is 1. The minimum Gasteiger partial charge on any atom is -0.453 e. The summed E-state index contributed by atoms with van der Waals surface area (Å²) in [6.07, 6.45) is -5.41. The van der Waals surface area contributed by atoms with E-state index in [1.807, 2.05) is 6.92 Å². The van der Waals surface area contributed by atoms with Crippen LogP contribution in [-0.2, 0) is 22.7 Å². The zero-order valence-electron chi connectivity index (χ0n) is 18.5. The molecule has 1 fully saturated rings. The average Bonchev–Trinajstić information content (AvgIpc) is 3.15. The average molecular weight is 489 g/mol. The predicted octanol–water partition coefficient (Wildman–Crippen LogP) is 3.70. The summed E-state index contributed by atoms with van der Waals surface area (Å²) < 4.78 is 50.6. The van der Waals surface area contributed by atoms with Gasteiger partial charge in [-0.05, 0) is 32.0 Å². The highest BCUT2D eigenvalue weighted by Crippen LogP contribution is 2.35. The van der Waals surface area contributed by atoms with Gasteiger partial charge in [-0.25, -0.2) is 9.78 Å². The van der Waals surface area contributed by atoms with E-state index in [4.69, 9.17) is 21.1 Å². The number of hydrogen-bond donors (Lipinski definition) is 1. The number of halogens is 4. The Bertz CT molecular complexity index is 1110. The van der Waals surface area contributed by atoms with Crippen LogP contribution in [0.2, 0.25) is 5.02 Å². The van der Waals surface area contributed by atoms with Crippen LogP contribution in [-0.4, -0.2) is 59.5 Å². The van der Waals surface area contributed by atoms with E-state index in [1.54, 1.807) is 6.92 Å². The van der Waals surface area contributed by atoms with Crippen molar-refractivity contribution in [2.75, 3.05) is 32.1 Å². The number of ether oxygens (including phenoxy) is 2. The molecule has 180 valence electrons. The summed E-state index contributed by atoms with van der Waals surface area (Å²) >= 11 is 6.10. The Balaban J connectivity index is 1.95. The van der Waals surface area contributed by atoms with Crippen LogP contribution in [0, 0.1) is 6.92 Å². The number of anilines is 1. The third kappa shape index (κ3) is 5.09. The minimum absolute atomic E-state index is 0.130. The minimum atomic E-state index is -4.54. The number of likely N-dealkylation sites (tertiary alicyclic amines) is 1. The molecule has 0 spiro atoms. The molecule has 2 aromatic rings. The molecule has 3 rings (SSSR count). The largest absolute Gasteiger partial charge is 0.453 e. The first-order valence-electron chi connectivity index (χ1n) is 10.1. The van der Waals surface area contributed by atoms with E-state index in [-0.39, 0.29) is 34.7 Å². The Labute approximate surface area is 193 Å². The van der Waals surface area contributed by atoms with E-state index >= 15 is 0 Å². The van der Waals surface area contributed by atoms with Gasteiger partial charge in [0.15, 0.2) is 0 Å². The van der Waals surface area contributed by atoms with Gasteiger partial charge in [0, 0.05) is 25.8 Å². The number of alkyl halides is 3. The van der Waals surface area contributed by atoms with E-state index < -0.39 is 29.4 Å². The van der Waals surface area contributed by atoms with Gasteiger partial charge in [-0.1, -0.05) is 11.6 Å². The van der Waals surface area contributed by atoms with Crippen molar-refractivity contribution in [3.05, 3.63) is 44.8 Å². The molecule has 1 aromatic carbocycles. The number of methoxy groups -OCH3 is 1. The highest BCUT2D eigenvalue weighted by Gasteiger charge is 2.37. The first-order valence-corrected chi connectivity index (χ1v) is 10.5. The van der Waals surface area contributed by atoms with Crippen molar-refractivity contribution in [3.63, 3.8) is 0 Å². The van der Waals surface area contributed by atoms with Crippen LogP contribution in [0.5, 0.6) is 0 Å². The van der Waals surface area contributed by atoms with Crippen LogP contribution >= 0.6 is 11.6 Å². The molecule has 0 saturated carbocycles. The van der Waals surface area contributed by atoms with Crippen molar-refractivity contribution in [2.45, 2.75) is 32.2 Å². The van der Waals surface area contributed by atoms with E-state index in [9.17, 15) is 22.8 Å². The van der Waals surface area contributed by atoms with Crippen LogP contribution in [0.1, 0.15) is 18.2 Å². The quantitative estimate of drug-likeness (QED) is 0.691. The Morgan fingerprint density at radius 1 is 1.33 bits per heavy atom. The highest BCUT2D eigenvalue weighted by atomic mass is 35.5. The van der Waals surface area contributed by atoms with Crippen molar-refractivity contribution in [1.82, 2.24) is 14.5 Å². The molecule has 1 N–H and O–H groups in total. The van der Waals surface area contributed by atoms with Crippen molar-refractivity contribution in [3.8, 4) is 11.4 Å². The van der Waals surface area contributed by atoms with Crippen LogP contribution in [0.15, 0.2) is 23.0 Å². The lowest BCUT2D eigenvalue weighted by molar-refractivity contribution is -0.137. The Morgan fingerprint density at radius 2 is 2.03 bits per heavy atom. The molecule has 33 heavy (non-hydrogen) atoms. The third-order valence-corrected chi connectivity index (χ3v) is 5.73. The zero-order chi connectivity index (χ0) is 24.5. The number of amides is 1. The number of nitrogens with zero attached hydrogens (tertiary/aromatic N) is 3. The fourth-order valence-electron chi connectivity index (χ4n) is 3.75. The molecule has 1 aliphatic heterocycles. The van der Waals surface area contributed by atoms with Crippen LogP contribution in [0.3, 0.4) is 0 Å². The first kappa shape index (κ1) is 24.8. The molecule has 12 heteroatoms. The first-order chi connectivity index (χ1) is 15.5. The second-order valence-corrected chi connectivity index (χ2v) is 7.98. The standard InChI is InChI=1S/C21H24ClF3N4O4/c1-5-33-16-10-29(20(31)32-4)9-15(16)27-17-11(2)26-18(28(3)19(17)30)13-7-6-12(8-14(13)22)21(23,24)25/h6-8,15-16,27H,5,9-10H2,1-4H3/t15?,16-/m0/s1. The number of benzene rings is 1. The van der Waals surface area contributed by atoms with Crippen molar-refractivity contribution in [2.24, 2.45) is 7.05 Å². The molecule has 2 atom stereocenters. The number of carbonyl (C=O) groups is 1. The number of aryl methyl sites for hydroxylation is 1. The molecule has 2 heterocycles. The molecule has 1 aromatic heterocycles. The maximum absolute atomic E-state index is 13.1.